The van der Waals surface area contributed by atoms with E-state index in [-0.39, 0.29) is 16.9 Å². The van der Waals surface area contributed by atoms with E-state index in [2.05, 4.69) is 4.98 Å². The van der Waals surface area contributed by atoms with E-state index in [1.165, 1.54) is 27.4 Å². The Kier molecular flexibility index (Phi) is 5.43. The molecular formula is C27H24N2O6. The minimum atomic E-state index is -1.63. The molecule has 8 heteroatoms. The van der Waals surface area contributed by atoms with Gasteiger partial charge in [-0.15, -0.1) is 0 Å². The number of H-pyrrole nitrogens is 1. The van der Waals surface area contributed by atoms with E-state index in [4.69, 9.17) is 14.2 Å². The molecule has 0 spiro atoms. The fourth-order valence-electron chi connectivity index (χ4n) is 5.13. The van der Waals surface area contributed by atoms with Gasteiger partial charge in [0.2, 0.25) is 5.54 Å². The van der Waals surface area contributed by atoms with Crippen LogP contribution in [0.2, 0.25) is 0 Å². The second-order valence-corrected chi connectivity index (χ2v) is 8.33. The number of methoxy groups -OCH3 is 3. The largest absolute Gasteiger partial charge is 0.496 e. The molecule has 2 aliphatic heterocycles. The highest BCUT2D eigenvalue weighted by molar-refractivity contribution is 6.15. The van der Waals surface area contributed by atoms with Gasteiger partial charge in [-0.05, 0) is 36.3 Å². The Morgan fingerprint density at radius 3 is 2.46 bits per heavy atom. The summed E-state index contributed by atoms with van der Waals surface area (Å²) in [5.41, 5.74) is 1.24. The molecule has 8 nitrogen and oxygen atoms in total. The highest BCUT2D eigenvalue weighted by Gasteiger charge is 2.58. The average Bonchev–Trinajstić information content (AvgIpc) is 3.30. The first kappa shape index (κ1) is 22.5. The van der Waals surface area contributed by atoms with Gasteiger partial charge in [0, 0.05) is 29.2 Å². The highest BCUT2D eigenvalue weighted by Crippen LogP contribution is 2.47. The van der Waals surface area contributed by atoms with E-state index in [9.17, 15) is 14.4 Å². The Labute approximate surface area is 201 Å². The summed E-state index contributed by atoms with van der Waals surface area (Å²) < 4.78 is 15.7. The molecule has 2 aromatic carbocycles. The van der Waals surface area contributed by atoms with Crippen LogP contribution in [0.3, 0.4) is 0 Å². The summed E-state index contributed by atoms with van der Waals surface area (Å²) in [5, 5.41) is 0.967. The van der Waals surface area contributed by atoms with E-state index >= 15 is 0 Å². The molecule has 1 aromatic heterocycles. The summed E-state index contributed by atoms with van der Waals surface area (Å²) in [6, 6.07) is 14.6. The number of carbonyl (C=O) groups excluding carboxylic acids is 3. The van der Waals surface area contributed by atoms with Gasteiger partial charge in [-0.25, -0.2) is 9.59 Å². The Morgan fingerprint density at radius 1 is 0.971 bits per heavy atom. The number of nitrogens with one attached hydrogen (secondary N) is 1. The number of allylic oxidation sites excluding steroid dienone is 2. The molecule has 0 saturated carbocycles. The van der Waals surface area contributed by atoms with Crippen molar-refractivity contribution >= 4 is 28.6 Å². The molecular weight excluding hydrogens is 448 g/mol. The lowest BCUT2D eigenvalue weighted by Gasteiger charge is -2.46. The molecule has 3 heterocycles. The standard InChI is InChI=1S/C27H24N2O6/c1-33-22-11-7-5-9-19(22)23(30)16-14-20(25(31)34-2)27(26(32)35-3)24-18(12-13-29(27)15-16)17-8-4-6-10-21(17)28-24/h4-11,14-15,28H,12-13H2,1-3H3. The van der Waals surface area contributed by atoms with Crippen molar-refractivity contribution in [3.05, 3.63) is 88.8 Å². The Balaban J connectivity index is 1.76. The van der Waals surface area contributed by atoms with Crippen LogP contribution in [0.4, 0.5) is 0 Å². The molecule has 0 aliphatic carbocycles. The maximum absolute atomic E-state index is 13.6. The number of Topliss-reactive ketones (excluding diaryl/α,β-unsaturated/α-hetero) is 1. The number of esters is 2. The van der Waals surface area contributed by atoms with E-state index in [0.717, 1.165) is 16.5 Å². The number of hydrogen-bond donors (Lipinski definition) is 1. The van der Waals surface area contributed by atoms with Gasteiger partial charge in [-0.2, -0.15) is 0 Å². The van der Waals surface area contributed by atoms with Crippen molar-refractivity contribution < 1.29 is 28.6 Å². The lowest BCUT2D eigenvalue weighted by Crippen LogP contribution is -2.58. The lowest BCUT2D eigenvalue weighted by molar-refractivity contribution is -0.156. The second-order valence-electron chi connectivity index (χ2n) is 8.33. The Morgan fingerprint density at radius 2 is 1.71 bits per heavy atom. The maximum atomic E-state index is 13.6. The topological polar surface area (TPSA) is 97.9 Å². The van der Waals surface area contributed by atoms with Crippen LogP contribution in [0, 0.1) is 0 Å². The summed E-state index contributed by atoms with van der Waals surface area (Å²) in [5.74, 6) is -1.32. The molecule has 1 unspecified atom stereocenters. The number of rotatable bonds is 5. The number of ether oxygens (including phenoxy) is 3. The van der Waals surface area contributed by atoms with Crippen LogP contribution in [0.5, 0.6) is 5.75 Å². The van der Waals surface area contributed by atoms with Crippen LogP contribution in [0.25, 0.3) is 10.9 Å². The van der Waals surface area contributed by atoms with Crippen LogP contribution in [0.1, 0.15) is 21.6 Å². The third-order valence-electron chi connectivity index (χ3n) is 6.69. The molecule has 0 fully saturated rings. The zero-order chi connectivity index (χ0) is 24.7. The van der Waals surface area contributed by atoms with Crippen molar-refractivity contribution in [3.63, 3.8) is 0 Å². The number of para-hydroxylation sites is 2. The molecule has 1 N–H and O–H groups in total. The van der Waals surface area contributed by atoms with E-state index in [1.807, 2.05) is 24.3 Å². The van der Waals surface area contributed by atoms with Gasteiger partial charge < -0.3 is 24.1 Å². The molecule has 5 rings (SSSR count). The SMILES string of the molecule is COC(=O)C1=CC(C(=O)c2ccccc2OC)=CN2CCc3c([nH]c4ccccc34)C12C(=O)OC. The summed E-state index contributed by atoms with van der Waals surface area (Å²) >= 11 is 0. The van der Waals surface area contributed by atoms with E-state index < -0.39 is 17.5 Å². The first-order chi connectivity index (χ1) is 17.0. The van der Waals surface area contributed by atoms with Gasteiger partial charge in [-0.3, -0.25) is 4.79 Å². The normalized spacial score (nSPS) is 18.7. The maximum Gasteiger partial charge on any atom is 0.343 e. The van der Waals surface area contributed by atoms with Crippen LogP contribution < -0.4 is 4.74 Å². The number of nitrogens with zero attached hydrogens (tertiary/aromatic N) is 1. The molecule has 3 aromatic rings. The zero-order valence-corrected chi connectivity index (χ0v) is 19.6. The predicted octanol–water partition coefficient (Wildman–Crippen LogP) is 3.28. The van der Waals surface area contributed by atoms with Crippen molar-refractivity contribution in [3.8, 4) is 5.75 Å². The van der Waals surface area contributed by atoms with Crippen molar-refractivity contribution in [1.29, 1.82) is 0 Å². The number of fused-ring (bicyclic) bond motifs is 5. The van der Waals surface area contributed by atoms with Crippen LogP contribution >= 0.6 is 0 Å². The fraction of sp³-hybridized carbons (Fsp3) is 0.222. The lowest BCUT2D eigenvalue weighted by atomic mass is 9.75. The van der Waals surface area contributed by atoms with Crippen molar-refractivity contribution in [2.24, 2.45) is 0 Å². The summed E-state index contributed by atoms with van der Waals surface area (Å²) in [7, 11) is 4.01. The molecule has 178 valence electrons. The van der Waals surface area contributed by atoms with Crippen LogP contribution in [-0.2, 0) is 31.0 Å². The summed E-state index contributed by atoms with van der Waals surface area (Å²) in [6.45, 7) is 0.376. The molecule has 35 heavy (non-hydrogen) atoms. The number of ketones is 1. The average molecular weight is 472 g/mol. The van der Waals surface area contributed by atoms with Gasteiger partial charge in [0.25, 0.3) is 0 Å². The quantitative estimate of drug-likeness (QED) is 0.450. The van der Waals surface area contributed by atoms with Gasteiger partial charge in [0.05, 0.1) is 38.2 Å². The fourth-order valence-corrected chi connectivity index (χ4v) is 5.13. The van der Waals surface area contributed by atoms with Gasteiger partial charge in [0.1, 0.15) is 5.75 Å². The van der Waals surface area contributed by atoms with Gasteiger partial charge in [0.15, 0.2) is 5.78 Å². The minimum Gasteiger partial charge on any atom is -0.496 e. The minimum absolute atomic E-state index is 0.0000964. The monoisotopic (exact) mass is 472 g/mol. The van der Waals surface area contributed by atoms with Crippen molar-refractivity contribution in [2.45, 2.75) is 12.0 Å². The summed E-state index contributed by atoms with van der Waals surface area (Å²) in [6.07, 6.45) is 3.64. The first-order valence-corrected chi connectivity index (χ1v) is 11.1. The third-order valence-corrected chi connectivity index (χ3v) is 6.69. The molecule has 1 atom stereocenters. The molecule has 2 aliphatic rings. The second kappa shape index (κ2) is 8.47. The molecule has 0 radical (unpaired) electrons. The number of aromatic amines is 1. The van der Waals surface area contributed by atoms with Crippen molar-refractivity contribution in [2.75, 3.05) is 27.9 Å². The van der Waals surface area contributed by atoms with Crippen LogP contribution in [-0.4, -0.2) is 55.5 Å². The van der Waals surface area contributed by atoms with Gasteiger partial charge >= 0.3 is 11.9 Å². The third kappa shape index (κ3) is 3.17. The summed E-state index contributed by atoms with van der Waals surface area (Å²) in [4.78, 5) is 45.4. The van der Waals surface area contributed by atoms with E-state index in [1.54, 1.807) is 35.4 Å². The van der Waals surface area contributed by atoms with E-state index in [0.29, 0.717) is 30.0 Å². The Hall–Kier alpha value is -4.33. The predicted molar refractivity (Wildman–Crippen MR) is 128 cm³/mol. The van der Waals surface area contributed by atoms with Gasteiger partial charge in [-0.1, -0.05) is 30.3 Å². The smallest absolute Gasteiger partial charge is 0.343 e. The molecule has 0 saturated heterocycles. The number of aromatic nitrogens is 1. The number of carbonyl (C=O) groups is 3. The molecule has 0 bridgehead atoms. The number of hydrogen-bond acceptors (Lipinski definition) is 7. The van der Waals surface area contributed by atoms with Crippen molar-refractivity contribution in [1.82, 2.24) is 9.88 Å². The molecule has 0 amide bonds. The Bertz CT molecular complexity index is 1430. The zero-order valence-electron chi connectivity index (χ0n) is 19.6. The first-order valence-electron chi connectivity index (χ1n) is 11.1. The van der Waals surface area contributed by atoms with Crippen LogP contribution in [0.15, 0.2) is 72.0 Å². The highest BCUT2D eigenvalue weighted by atomic mass is 16.5. The number of benzene rings is 2.